The smallest absolute Gasteiger partial charge is 0.0439 e. The Morgan fingerprint density at radius 1 is 1.10 bits per heavy atom. The number of benzene rings is 2. The van der Waals surface area contributed by atoms with Gasteiger partial charge in [0.1, 0.15) is 0 Å². The molecule has 0 aliphatic heterocycles. The van der Waals surface area contributed by atoms with Crippen LogP contribution < -0.4 is 11.3 Å². The van der Waals surface area contributed by atoms with E-state index in [9.17, 15) is 0 Å². The fourth-order valence-electron chi connectivity index (χ4n) is 3.08. The third kappa shape index (κ3) is 2.95. The van der Waals surface area contributed by atoms with Gasteiger partial charge in [0.15, 0.2) is 0 Å². The van der Waals surface area contributed by atoms with Gasteiger partial charge in [-0.15, -0.1) is 0 Å². The first-order valence-corrected chi connectivity index (χ1v) is 7.87. The van der Waals surface area contributed by atoms with Crippen LogP contribution in [0.25, 0.3) is 0 Å². The lowest BCUT2D eigenvalue weighted by atomic mass is 9.85. The van der Waals surface area contributed by atoms with E-state index < -0.39 is 0 Å². The monoisotopic (exact) mass is 320 g/mol. The van der Waals surface area contributed by atoms with Gasteiger partial charge in [0.2, 0.25) is 0 Å². The molecule has 0 heterocycles. The molecular weight excluding hydrogens is 303 g/mol. The number of rotatable bonds is 5. The normalized spacial score (nSPS) is 17.5. The van der Waals surface area contributed by atoms with Gasteiger partial charge in [0.05, 0.1) is 0 Å². The van der Waals surface area contributed by atoms with Gasteiger partial charge in [0, 0.05) is 21.5 Å². The maximum absolute atomic E-state index is 6.29. The summed E-state index contributed by atoms with van der Waals surface area (Å²) >= 11 is 12.4. The molecule has 2 aromatic carbocycles. The van der Waals surface area contributed by atoms with Crippen LogP contribution in [0.2, 0.25) is 10.0 Å². The number of nitrogens with one attached hydrogen (secondary N) is 1. The third-order valence-corrected chi connectivity index (χ3v) is 5.04. The topological polar surface area (TPSA) is 38.0 Å². The largest absolute Gasteiger partial charge is 0.271 e. The maximum atomic E-state index is 6.29. The van der Waals surface area contributed by atoms with Crippen molar-refractivity contribution < 1.29 is 0 Å². The lowest BCUT2D eigenvalue weighted by Gasteiger charge is -2.27. The summed E-state index contributed by atoms with van der Waals surface area (Å²) in [5.74, 6) is 5.85. The van der Waals surface area contributed by atoms with Crippen LogP contribution >= 0.6 is 23.2 Å². The van der Waals surface area contributed by atoms with Crippen LogP contribution in [-0.2, 0) is 11.8 Å². The first-order chi connectivity index (χ1) is 10.2. The second-order valence-corrected chi connectivity index (χ2v) is 6.52. The van der Waals surface area contributed by atoms with Crippen LogP contribution in [0.1, 0.15) is 24.0 Å². The summed E-state index contributed by atoms with van der Waals surface area (Å²) in [4.78, 5) is 0. The minimum absolute atomic E-state index is 0.113. The fraction of sp³-hybridized carbons (Fsp3) is 0.294. The van der Waals surface area contributed by atoms with Crippen molar-refractivity contribution in [2.45, 2.75) is 30.7 Å². The van der Waals surface area contributed by atoms with Crippen molar-refractivity contribution in [2.75, 3.05) is 0 Å². The first kappa shape index (κ1) is 14.9. The standard InChI is InChI=1S/C17H18Cl2N2/c18-14-6-7-15(19)12(10-14)11-16(21-20)17(8-9-17)13-4-2-1-3-5-13/h1-7,10,16,21H,8-9,11,20H2. The van der Waals surface area contributed by atoms with E-state index in [-0.39, 0.29) is 11.5 Å². The quantitative estimate of drug-likeness (QED) is 0.643. The predicted molar refractivity (Wildman–Crippen MR) is 88.6 cm³/mol. The number of hydrogen-bond acceptors (Lipinski definition) is 2. The van der Waals surface area contributed by atoms with Gasteiger partial charge < -0.3 is 0 Å². The Morgan fingerprint density at radius 3 is 2.43 bits per heavy atom. The molecule has 0 aromatic heterocycles. The maximum Gasteiger partial charge on any atom is 0.0439 e. The molecule has 0 spiro atoms. The van der Waals surface area contributed by atoms with Crippen LogP contribution in [0.5, 0.6) is 0 Å². The van der Waals surface area contributed by atoms with Crippen LogP contribution in [0.4, 0.5) is 0 Å². The Kier molecular flexibility index (Phi) is 4.23. The van der Waals surface area contributed by atoms with Crippen molar-refractivity contribution in [3.8, 4) is 0 Å². The van der Waals surface area contributed by atoms with Gasteiger partial charge in [-0.3, -0.25) is 11.3 Å². The van der Waals surface area contributed by atoms with Crippen molar-refractivity contribution in [2.24, 2.45) is 5.84 Å². The highest BCUT2D eigenvalue weighted by Gasteiger charge is 2.50. The molecule has 2 nitrogen and oxygen atoms in total. The second kappa shape index (κ2) is 5.98. The molecule has 0 amide bonds. The molecule has 1 aliphatic carbocycles. The highest BCUT2D eigenvalue weighted by Crippen LogP contribution is 2.51. The summed E-state index contributed by atoms with van der Waals surface area (Å²) in [6.45, 7) is 0. The average molecular weight is 321 g/mol. The summed E-state index contributed by atoms with van der Waals surface area (Å²) in [5, 5.41) is 1.44. The molecule has 0 radical (unpaired) electrons. The van der Waals surface area contributed by atoms with Crippen molar-refractivity contribution in [1.29, 1.82) is 0 Å². The van der Waals surface area contributed by atoms with Gasteiger partial charge in [-0.25, -0.2) is 0 Å². The van der Waals surface area contributed by atoms with E-state index in [0.29, 0.717) is 5.02 Å². The van der Waals surface area contributed by atoms with Crippen molar-refractivity contribution >= 4 is 23.2 Å². The van der Waals surface area contributed by atoms with E-state index in [1.165, 1.54) is 5.56 Å². The molecule has 1 fully saturated rings. The Balaban J connectivity index is 1.88. The van der Waals surface area contributed by atoms with Crippen molar-refractivity contribution in [1.82, 2.24) is 5.43 Å². The lowest BCUT2D eigenvalue weighted by molar-refractivity contribution is 0.421. The van der Waals surface area contributed by atoms with E-state index in [1.54, 1.807) is 0 Å². The predicted octanol–water partition coefficient (Wildman–Crippen LogP) is 4.10. The van der Waals surface area contributed by atoms with Gasteiger partial charge in [-0.1, -0.05) is 53.5 Å². The van der Waals surface area contributed by atoms with Gasteiger partial charge in [-0.2, -0.15) is 0 Å². The highest BCUT2D eigenvalue weighted by atomic mass is 35.5. The Bertz CT molecular complexity index is 624. The van der Waals surface area contributed by atoms with E-state index in [0.717, 1.165) is 29.8 Å². The SMILES string of the molecule is NNC(Cc1cc(Cl)ccc1Cl)C1(c2ccccc2)CC1. The van der Waals surface area contributed by atoms with Crippen LogP contribution in [0, 0.1) is 0 Å². The van der Waals surface area contributed by atoms with Gasteiger partial charge in [-0.05, 0) is 48.6 Å². The lowest BCUT2D eigenvalue weighted by Crippen LogP contribution is -2.45. The number of hydrogen-bond donors (Lipinski definition) is 2. The summed E-state index contributed by atoms with van der Waals surface area (Å²) in [5.41, 5.74) is 5.48. The Labute approximate surface area is 135 Å². The molecule has 1 saturated carbocycles. The van der Waals surface area contributed by atoms with E-state index in [4.69, 9.17) is 29.0 Å². The Morgan fingerprint density at radius 2 is 1.81 bits per heavy atom. The minimum Gasteiger partial charge on any atom is -0.271 e. The summed E-state index contributed by atoms with van der Waals surface area (Å²) < 4.78 is 0. The molecule has 3 rings (SSSR count). The first-order valence-electron chi connectivity index (χ1n) is 7.11. The molecule has 21 heavy (non-hydrogen) atoms. The zero-order chi connectivity index (χ0) is 14.9. The zero-order valence-corrected chi connectivity index (χ0v) is 13.2. The summed E-state index contributed by atoms with van der Waals surface area (Å²) in [6, 6.07) is 16.3. The van der Waals surface area contributed by atoms with Gasteiger partial charge >= 0.3 is 0 Å². The molecule has 1 unspecified atom stereocenters. The molecule has 0 bridgehead atoms. The molecular formula is C17H18Cl2N2. The van der Waals surface area contributed by atoms with E-state index >= 15 is 0 Å². The number of hydrazine groups is 1. The Hall–Kier alpha value is -1.06. The molecule has 110 valence electrons. The molecule has 0 saturated heterocycles. The van der Waals surface area contributed by atoms with Crippen molar-refractivity contribution in [3.05, 3.63) is 69.7 Å². The molecule has 3 N–H and O–H groups in total. The van der Waals surface area contributed by atoms with Crippen LogP contribution in [0.15, 0.2) is 48.5 Å². The average Bonchev–Trinajstić information content (AvgIpc) is 3.31. The van der Waals surface area contributed by atoms with E-state index in [1.807, 2.05) is 24.3 Å². The fourth-order valence-corrected chi connectivity index (χ4v) is 3.47. The third-order valence-electron chi connectivity index (χ3n) is 4.44. The molecule has 1 aliphatic rings. The number of nitrogens with two attached hydrogens (primary N) is 1. The molecule has 1 atom stereocenters. The van der Waals surface area contributed by atoms with Crippen LogP contribution in [-0.4, -0.2) is 6.04 Å². The zero-order valence-electron chi connectivity index (χ0n) is 11.7. The summed E-state index contributed by atoms with van der Waals surface area (Å²) in [7, 11) is 0. The van der Waals surface area contributed by atoms with Crippen LogP contribution in [0.3, 0.4) is 0 Å². The molecule has 4 heteroatoms. The number of halogens is 2. The van der Waals surface area contributed by atoms with Gasteiger partial charge in [0.25, 0.3) is 0 Å². The highest BCUT2D eigenvalue weighted by molar-refractivity contribution is 6.33. The summed E-state index contributed by atoms with van der Waals surface area (Å²) in [6.07, 6.45) is 3.05. The minimum atomic E-state index is 0.113. The van der Waals surface area contributed by atoms with Crippen molar-refractivity contribution in [3.63, 3.8) is 0 Å². The van der Waals surface area contributed by atoms with E-state index in [2.05, 4.69) is 29.7 Å². The second-order valence-electron chi connectivity index (χ2n) is 5.68. The molecule has 2 aromatic rings.